The smallest absolute Gasteiger partial charge is 0.251 e. The molecule has 1 atom stereocenters. The third-order valence-corrected chi connectivity index (χ3v) is 5.78. The Labute approximate surface area is 167 Å². The first kappa shape index (κ1) is 18.3. The van der Waals surface area contributed by atoms with Crippen LogP contribution in [-0.2, 0) is 16.1 Å². The number of rotatable bonds is 4. The van der Waals surface area contributed by atoms with E-state index in [0.717, 1.165) is 37.2 Å². The number of piperazine rings is 1. The maximum atomic E-state index is 12.9. The first-order valence-corrected chi connectivity index (χ1v) is 10.0. The molecule has 0 aliphatic carbocycles. The van der Waals surface area contributed by atoms with Crippen LogP contribution in [0.5, 0.6) is 0 Å². The van der Waals surface area contributed by atoms with Gasteiger partial charge in [-0.15, -0.1) is 0 Å². The van der Waals surface area contributed by atoms with Crippen LogP contribution in [0.1, 0.15) is 12.0 Å². The van der Waals surface area contributed by atoms with Crippen molar-refractivity contribution >= 4 is 33.4 Å². The molecular weight excluding hydrogens is 406 g/mol. The Balaban J connectivity index is 1.39. The van der Waals surface area contributed by atoms with Crippen LogP contribution in [0.15, 0.2) is 59.1 Å². The number of amides is 2. The van der Waals surface area contributed by atoms with E-state index in [1.54, 1.807) is 6.07 Å². The molecule has 6 heteroatoms. The summed E-state index contributed by atoms with van der Waals surface area (Å²) in [5.74, 6) is -0.218. The van der Waals surface area contributed by atoms with Crippen LogP contribution in [0, 0.1) is 0 Å². The Morgan fingerprint density at radius 2 is 1.67 bits per heavy atom. The fraction of sp³-hybridized carbons (Fsp3) is 0.333. The summed E-state index contributed by atoms with van der Waals surface area (Å²) < 4.78 is 0.860. The Bertz CT molecular complexity index is 834. The number of halogens is 1. The second-order valence-corrected chi connectivity index (χ2v) is 7.98. The number of hydrogen-bond acceptors (Lipinski definition) is 4. The standard InChI is InChI=1S/C21H22BrN3O2/c22-17-7-4-8-18(13-17)25-20(26)14-19(21(25)27)24-11-9-23(10-12-24)15-16-5-2-1-3-6-16/h1-8,13,19H,9-12,14-15H2. The lowest BCUT2D eigenvalue weighted by Gasteiger charge is -2.37. The highest BCUT2D eigenvalue weighted by molar-refractivity contribution is 9.10. The van der Waals surface area contributed by atoms with E-state index in [-0.39, 0.29) is 24.3 Å². The van der Waals surface area contributed by atoms with Crippen LogP contribution >= 0.6 is 15.9 Å². The lowest BCUT2D eigenvalue weighted by molar-refractivity contribution is -0.123. The van der Waals surface area contributed by atoms with E-state index in [1.807, 2.05) is 24.3 Å². The van der Waals surface area contributed by atoms with Gasteiger partial charge in [-0.1, -0.05) is 52.3 Å². The van der Waals surface area contributed by atoms with E-state index >= 15 is 0 Å². The molecule has 0 bridgehead atoms. The quantitative estimate of drug-likeness (QED) is 0.703. The molecule has 4 rings (SSSR count). The molecule has 140 valence electrons. The van der Waals surface area contributed by atoms with Gasteiger partial charge in [-0.3, -0.25) is 19.4 Å². The fourth-order valence-corrected chi connectivity index (χ4v) is 4.25. The molecule has 2 aromatic rings. The van der Waals surface area contributed by atoms with Gasteiger partial charge in [0.2, 0.25) is 5.91 Å². The summed E-state index contributed by atoms with van der Waals surface area (Å²) >= 11 is 3.41. The molecule has 2 heterocycles. The third-order valence-electron chi connectivity index (χ3n) is 5.29. The average molecular weight is 428 g/mol. The van der Waals surface area contributed by atoms with Crippen LogP contribution in [0.4, 0.5) is 5.69 Å². The lowest BCUT2D eigenvalue weighted by Crippen LogP contribution is -2.52. The molecule has 27 heavy (non-hydrogen) atoms. The molecule has 2 aliphatic heterocycles. The molecule has 5 nitrogen and oxygen atoms in total. The van der Waals surface area contributed by atoms with Crippen molar-refractivity contribution in [1.82, 2.24) is 9.80 Å². The molecule has 0 N–H and O–H groups in total. The van der Waals surface area contributed by atoms with Gasteiger partial charge in [0, 0.05) is 37.2 Å². The second kappa shape index (κ2) is 7.92. The molecule has 0 saturated carbocycles. The molecule has 0 radical (unpaired) electrons. The highest BCUT2D eigenvalue weighted by Crippen LogP contribution is 2.28. The van der Waals surface area contributed by atoms with Crippen LogP contribution in [0.2, 0.25) is 0 Å². The minimum atomic E-state index is -0.338. The van der Waals surface area contributed by atoms with E-state index in [4.69, 9.17) is 0 Å². The Kier molecular flexibility index (Phi) is 5.38. The molecule has 2 saturated heterocycles. The zero-order valence-electron chi connectivity index (χ0n) is 15.1. The van der Waals surface area contributed by atoms with E-state index in [2.05, 4.69) is 50.0 Å². The minimum absolute atomic E-state index is 0.102. The van der Waals surface area contributed by atoms with Gasteiger partial charge in [0.15, 0.2) is 0 Å². The Morgan fingerprint density at radius 3 is 2.37 bits per heavy atom. The predicted octanol–water partition coefficient (Wildman–Crippen LogP) is 2.90. The van der Waals surface area contributed by atoms with E-state index in [1.165, 1.54) is 10.5 Å². The van der Waals surface area contributed by atoms with Crippen molar-refractivity contribution in [1.29, 1.82) is 0 Å². The van der Waals surface area contributed by atoms with Gasteiger partial charge >= 0.3 is 0 Å². The summed E-state index contributed by atoms with van der Waals surface area (Å²) in [6, 6.07) is 17.4. The minimum Gasteiger partial charge on any atom is -0.297 e. The number of carbonyl (C=O) groups is 2. The largest absolute Gasteiger partial charge is 0.297 e. The van der Waals surface area contributed by atoms with E-state index < -0.39 is 0 Å². The van der Waals surface area contributed by atoms with Gasteiger partial charge in [0.05, 0.1) is 18.2 Å². The second-order valence-electron chi connectivity index (χ2n) is 7.06. The van der Waals surface area contributed by atoms with Crippen molar-refractivity contribution in [2.24, 2.45) is 0 Å². The molecular formula is C21H22BrN3O2. The average Bonchev–Trinajstić information content (AvgIpc) is 2.97. The monoisotopic (exact) mass is 427 g/mol. The van der Waals surface area contributed by atoms with Crippen LogP contribution in [-0.4, -0.2) is 53.8 Å². The summed E-state index contributed by atoms with van der Waals surface area (Å²) in [5, 5.41) is 0. The van der Waals surface area contributed by atoms with Crippen molar-refractivity contribution in [3.05, 3.63) is 64.6 Å². The molecule has 0 spiro atoms. The van der Waals surface area contributed by atoms with Crippen LogP contribution < -0.4 is 4.90 Å². The summed E-state index contributed by atoms with van der Waals surface area (Å²) in [5.41, 5.74) is 1.95. The maximum absolute atomic E-state index is 12.9. The maximum Gasteiger partial charge on any atom is 0.251 e. The number of nitrogens with zero attached hydrogens (tertiary/aromatic N) is 3. The normalized spacial score (nSPS) is 21.8. The van der Waals surface area contributed by atoms with Crippen molar-refractivity contribution in [3.63, 3.8) is 0 Å². The fourth-order valence-electron chi connectivity index (χ4n) is 3.86. The number of carbonyl (C=O) groups excluding carboxylic acids is 2. The van der Waals surface area contributed by atoms with Gasteiger partial charge in [-0.05, 0) is 23.8 Å². The van der Waals surface area contributed by atoms with E-state index in [0.29, 0.717) is 5.69 Å². The van der Waals surface area contributed by atoms with Crippen molar-refractivity contribution < 1.29 is 9.59 Å². The molecule has 1 unspecified atom stereocenters. The van der Waals surface area contributed by atoms with Gasteiger partial charge < -0.3 is 0 Å². The summed E-state index contributed by atoms with van der Waals surface area (Å²) in [6.07, 6.45) is 0.268. The van der Waals surface area contributed by atoms with Crippen molar-refractivity contribution in [3.8, 4) is 0 Å². The van der Waals surface area contributed by atoms with Gasteiger partial charge in [-0.2, -0.15) is 0 Å². The highest BCUT2D eigenvalue weighted by atomic mass is 79.9. The summed E-state index contributed by atoms with van der Waals surface area (Å²) in [6.45, 7) is 4.36. The first-order chi connectivity index (χ1) is 13.1. The highest BCUT2D eigenvalue weighted by Gasteiger charge is 2.43. The summed E-state index contributed by atoms with van der Waals surface area (Å²) in [7, 11) is 0. The third kappa shape index (κ3) is 3.98. The number of hydrogen-bond donors (Lipinski definition) is 0. The zero-order chi connectivity index (χ0) is 18.8. The lowest BCUT2D eigenvalue weighted by atomic mass is 10.1. The van der Waals surface area contributed by atoms with Gasteiger partial charge in [0.25, 0.3) is 5.91 Å². The molecule has 2 amide bonds. The number of imide groups is 1. The topological polar surface area (TPSA) is 43.9 Å². The molecule has 2 aromatic carbocycles. The Hall–Kier alpha value is -2.02. The molecule has 2 fully saturated rings. The van der Waals surface area contributed by atoms with E-state index in [9.17, 15) is 9.59 Å². The molecule has 2 aliphatic rings. The van der Waals surface area contributed by atoms with Crippen LogP contribution in [0.25, 0.3) is 0 Å². The van der Waals surface area contributed by atoms with Gasteiger partial charge in [-0.25, -0.2) is 4.90 Å². The number of anilines is 1. The predicted molar refractivity (Wildman–Crippen MR) is 108 cm³/mol. The first-order valence-electron chi connectivity index (χ1n) is 9.24. The van der Waals surface area contributed by atoms with Crippen LogP contribution in [0.3, 0.4) is 0 Å². The Morgan fingerprint density at radius 1 is 0.926 bits per heavy atom. The van der Waals surface area contributed by atoms with Gasteiger partial charge in [0.1, 0.15) is 0 Å². The van der Waals surface area contributed by atoms with Crippen molar-refractivity contribution in [2.75, 3.05) is 31.1 Å². The van der Waals surface area contributed by atoms with Crippen molar-refractivity contribution in [2.45, 2.75) is 19.0 Å². The SMILES string of the molecule is O=C1CC(N2CCN(Cc3ccccc3)CC2)C(=O)N1c1cccc(Br)c1. The number of benzene rings is 2. The zero-order valence-corrected chi connectivity index (χ0v) is 16.6. The summed E-state index contributed by atoms with van der Waals surface area (Å²) in [4.78, 5) is 31.3. The molecule has 0 aromatic heterocycles.